The first kappa shape index (κ1) is 22.0. The lowest BCUT2D eigenvalue weighted by Crippen LogP contribution is -2.54. The average molecular weight is 441 g/mol. The number of rotatable bonds is 5. The van der Waals surface area contributed by atoms with E-state index >= 15 is 0 Å². The molecule has 4 amide bonds. The standard InChI is InChI=1S/C20H15N3O9/c1-31-15-9-10(8-14(16(15)24)23(29)30)7-13-17(25)21-20(28)22(18(13)26)12-5-3-11(4-6-12)19(27)32-2/h3-9,24H,1-2H3,(H,21,25,28)/b13-7+. The van der Waals surface area contributed by atoms with Gasteiger partial charge in [0.2, 0.25) is 5.75 Å². The number of hydrogen-bond acceptors (Lipinski definition) is 9. The van der Waals surface area contributed by atoms with Gasteiger partial charge in [-0.15, -0.1) is 0 Å². The number of imide groups is 2. The maximum absolute atomic E-state index is 12.9. The molecule has 0 spiro atoms. The first-order valence-corrected chi connectivity index (χ1v) is 8.83. The lowest BCUT2D eigenvalue weighted by molar-refractivity contribution is -0.386. The fourth-order valence-corrected chi connectivity index (χ4v) is 2.92. The average Bonchev–Trinajstić information content (AvgIpc) is 2.77. The van der Waals surface area contributed by atoms with Gasteiger partial charge in [0.25, 0.3) is 11.8 Å². The highest BCUT2D eigenvalue weighted by Gasteiger charge is 2.37. The van der Waals surface area contributed by atoms with Crippen LogP contribution < -0.4 is 15.0 Å². The van der Waals surface area contributed by atoms with Gasteiger partial charge in [-0.3, -0.25) is 25.0 Å². The Bertz CT molecular complexity index is 1190. The van der Waals surface area contributed by atoms with Gasteiger partial charge in [-0.05, 0) is 42.0 Å². The van der Waals surface area contributed by atoms with Crippen molar-refractivity contribution in [2.24, 2.45) is 0 Å². The number of esters is 1. The summed E-state index contributed by atoms with van der Waals surface area (Å²) in [5.41, 5.74) is -0.959. The first-order valence-electron chi connectivity index (χ1n) is 8.83. The molecule has 0 unspecified atom stereocenters. The summed E-state index contributed by atoms with van der Waals surface area (Å²) < 4.78 is 9.48. The van der Waals surface area contributed by atoms with Crippen LogP contribution in [0.2, 0.25) is 0 Å². The van der Waals surface area contributed by atoms with E-state index in [1.54, 1.807) is 0 Å². The third-order valence-corrected chi connectivity index (χ3v) is 4.45. The van der Waals surface area contributed by atoms with Crippen molar-refractivity contribution in [2.45, 2.75) is 0 Å². The Balaban J connectivity index is 2.04. The maximum Gasteiger partial charge on any atom is 0.337 e. The number of carbonyl (C=O) groups is 4. The number of barbiturate groups is 1. The molecule has 2 aromatic carbocycles. The van der Waals surface area contributed by atoms with E-state index in [-0.39, 0.29) is 22.6 Å². The molecule has 12 nitrogen and oxygen atoms in total. The number of ether oxygens (including phenoxy) is 2. The predicted molar refractivity (Wildman–Crippen MR) is 108 cm³/mol. The summed E-state index contributed by atoms with van der Waals surface area (Å²) in [5, 5.41) is 23.1. The van der Waals surface area contributed by atoms with Crippen LogP contribution in [0.3, 0.4) is 0 Å². The lowest BCUT2D eigenvalue weighted by atomic mass is 10.1. The van der Waals surface area contributed by atoms with Crippen molar-refractivity contribution < 1.29 is 38.7 Å². The zero-order valence-corrected chi connectivity index (χ0v) is 16.6. The number of nitrogens with zero attached hydrogens (tertiary/aromatic N) is 2. The second-order valence-corrected chi connectivity index (χ2v) is 6.34. The highest BCUT2D eigenvalue weighted by atomic mass is 16.6. The quantitative estimate of drug-likeness (QED) is 0.231. The van der Waals surface area contributed by atoms with Crippen LogP contribution in [0.4, 0.5) is 16.2 Å². The van der Waals surface area contributed by atoms with Gasteiger partial charge in [0, 0.05) is 6.07 Å². The van der Waals surface area contributed by atoms with Crippen molar-refractivity contribution in [2.75, 3.05) is 19.1 Å². The van der Waals surface area contributed by atoms with Crippen molar-refractivity contribution in [1.82, 2.24) is 5.32 Å². The number of phenols is 1. The van der Waals surface area contributed by atoms with Crippen LogP contribution in [0.15, 0.2) is 42.0 Å². The first-order chi connectivity index (χ1) is 15.2. The van der Waals surface area contributed by atoms with E-state index in [0.29, 0.717) is 4.90 Å². The third kappa shape index (κ3) is 3.96. The second-order valence-electron chi connectivity index (χ2n) is 6.34. The molecule has 2 aromatic rings. The van der Waals surface area contributed by atoms with Gasteiger partial charge in [-0.2, -0.15) is 0 Å². The summed E-state index contributed by atoms with van der Waals surface area (Å²) >= 11 is 0. The highest BCUT2D eigenvalue weighted by Crippen LogP contribution is 2.37. The molecule has 0 radical (unpaired) electrons. The molecule has 0 aliphatic carbocycles. The molecule has 1 heterocycles. The van der Waals surface area contributed by atoms with Gasteiger partial charge >= 0.3 is 17.7 Å². The largest absolute Gasteiger partial charge is 0.500 e. The highest BCUT2D eigenvalue weighted by molar-refractivity contribution is 6.39. The smallest absolute Gasteiger partial charge is 0.337 e. The number of aromatic hydroxyl groups is 1. The Morgan fingerprint density at radius 1 is 1.16 bits per heavy atom. The minimum atomic E-state index is -1.02. The Morgan fingerprint density at radius 2 is 1.81 bits per heavy atom. The maximum atomic E-state index is 12.9. The number of amides is 4. The summed E-state index contributed by atoms with van der Waals surface area (Å²) in [6.07, 6.45) is 1.02. The Labute approximate surface area is 179 Å². The minimum Gasteiger partial charge on any atom is -0.500 e. The van der Waals surface area contributed by atoms with Gasteiger partial charge < -0.3 is 14.6 Å². The zero-order chi connectivity index (χ0) is 23.6. The summed E-state index contributed by atoms with van der Waals surface area (Å²) in [6.45, 7) is 0. The topological polar surface area (TPSA) is 165 Å². The molecule has 1 aliphatic heterocycles. The molecule has 0 bridgehead atoms. The number of hydrogen-bond donors (Lipinski definition) is 2. The molecule has 2 N–H and O–H groups in total. The van der Waals surface area contributed by atoms with Crippen LogP contribution in [0, 0.1) is 10.1 Å². The van der Waals surface area contributed by atoms with Crippen molar-refractivity contribution in [3.05, 3.63) is 63.2 Å². The van der Waals surface area contributed by atoms with Crippen LogP contribution in [0.25, 0.3) is 6.08 Å². The normalized spacial score (nSPS) is 14.9. The number of carbonyl (C=O) groups excluding carboxylic acids is 4. The van der Waals surface area contributed by atoms with Gasteiger partial charge in [-0.1, -0.05) is 0 Å². The van der Waals surface area contributed by atoms with E-state index < -0.39 is 45.7 Å². The van der Waals surface area contributed by atoms with Crippen molar-refractivity contribution in [1.29, 1.82) is 0 Å². The molecule has 0 atom stereocenters. The Hall–Kier alpha value is -4.74. The molecule has 0 aromatic heterocycles. The summed E-state index contributed by atoms with van der Waals surface area (Å²) in [6, 6.07) is 6.39. The predicted octanol–water partition coefficient (Wildman–Crippen LogP) is 1.76. The molecule has 0 saturated carbocycles. The molecule has 32 heavy (non-hydrogen) atoms. The van der Waals surface area contributed by atoms with E-state index in [1.165, 1.54) is 44.6 Å². The second kappa shape index (κ2) is 8.55. The van der Waals surface area contributed by atoms with Crippen LogP contribution in [-0.4, -0.2) is 48.1 Å². The van der Waals surface area contributed by atoms with Gasteiger partial charge in [0.15, 0.2) is 5.75 Å². The SMILES string of the molecule is COC(=O)c1ccc(N2C(=O)NC(=O)/C(=C\c3cc(OC)c(O)c([N+](=O)[O-])c3)C2=O)cc1. The number of methoxy groups -OCH3 is 2. The number of urea groups is 1. The monoisotopic (exact) mass is 441 g/mol. The number of nitro benzene ring substituents is 1. The number of nitrogens with one attached hydrogen (secondary N) is 1. The number of benzene rings is 2. The summed E-state index contributed by atoms with van der Waals surface area (Å²) in [4.78, 5) is 60.1. The van der Waals surface area contributed by atoms with Crippen LogP contribution in [0.5, 0.6) is 11.5 Å². The van der Waals surface area contributed by atoms with Crippen molar-refractivity contribution in [3.63, 3.8) is 0 Å². The van der Waals surface area contributed by atoms with Gasteiger partial charge in [0.1, 0.15) is 5.57 Å². The van der Waals surface area contributed by atoms with Crippen molar-refractivity contribution >= 4 is 41.3 Å². The summed E-state index contributed by atoms with van der Waals surface area (Å²) in [7, 11) is 2.37. The molecule has 3 rings (SSSR count). The van der Waals surface area contributed by atoms with Crippen molar-refractivity contribution in [3.8, 4) is 11.5 Å². The fraction of sp³-hybridized carbons (Fsp3) is 0.100. The molecule has 1 aliphatic rings. The minimum absolute atomic E-state index is 0.000174. The molecular formula is C20H15N3O9. The van der Waals surface area contributed by atoms with Gasteiger partial charge in [0.05, 0.1) is 30.4 Å². The van der Waals surface area contributed by atoms with Crippen LogP contribution >= 0.6 is 0 Å². The molecule has 164 valence electrons. The summed E-state index contributed by atoms with van der Waals surface area (Å²) in [5.74, 6) is -3.61. The molecule has 1 saturated heterocycles. The lowest BCUT2D eigenvalue weighted by Gasteiger charge is -2.26. The molecular weight excluding hydrogens is 426 g/mol. The van der Waals surface area contributed by atoms with E-state index in [4.69, 9.17) is 4.74 Å². The fourth-order valence-electron chi connectivity index (χ4n) is 2.92. The Kier molecular flexibility index (Phi) is 5.87. The number of nitro groups is 1. The van der Waals surface area contributed by atoms with Gasteiger partial charge in [-0.25, -0.2) is 14.5 Å². The number of phenolic OH excluding ortho intramolecular Hbond substituents is 1. The number of anilines is 1. The van der Waals surface area contributed by atoms with Crippen LogP contribution in [0.1, 0.15) is 15.9 Å². The van der Waals surface area contributed by atoms with E-state index in [0.717, 1.165) is 12.1 Å². The van der Waals surface area contributed by atoms with Crippen LogP contribution in [-0.2, 0) is 14.3 Å². The van der Waals surface area contributed by atoms with E-state index in [1.807, 2.05) is 5.32 Å². The third-order valence-electron chi connectivity index (χ3n) is 4.45. The molecule has 1 fully saturated rings. The Morgan fingerprint density at radius 3 is 2.38 bits per heavy atom. The van der Waals surface area contributed by atoms with E-state index in [2.05, 4.69) is 4.74 Å². The van der Waals surface area contributed by atoms with E-state index in [9.17, 15) is 34.4 Å². The zero-order valence-electron chi connectivity index (χ0n) is 16.6. The molecule has 12 heteroatoms.